The third-order valence-corrected chi connectivity index (χ3v) is 7.47. The predicted molar refractivity (Wildman–Crippen MR) is 116 cm³/mol. The maximum absolute atomic E-state index is 6.18. The zero-order valence-electron chi connectivity index (χ0n) is 15.5. The quantitative estimate of drug-likeness (QED) is 0.641. The summed E-state index contributed by atoms with van der Waals surface area (Å²) in [5.74, 6) is 1.85. The Morgan fingerprint density at radius 2 is 1.93 bits per heavy atom. The standard InChI is InChI=1S/C23H26BrNO.ClH/c24-18-7-4-16(5-8-18)15-26-19-9-6-17-13-22-20-3-1-2-10-23(20,11-12-25-22)21(17)14-19;/h4-9,14,20,22,25H,1-3,10-13,15H2;1H/t20-,22+,23+;/m0./s1. The van der Waals surface area contributed by atoms with Gasteiger partial charge in [0.25, 0.3) is 0 Å². The van der Waals surface area contributed by atoms with E-state index in [9.17, 15) is 0 Å². The van der Waals surface area contributed by atoms with Gasteiger partial charge in [0.1, 0.15) is 12.4 Å². The second-order valence-electron chi connectivity index (χ2n) is 8.26. The minimum Gasteiger partial charge on any atom is -0.489 e. The third kappa shape index (κ3) is 3.43. The molecule has 2 aromatic rings. The molecule has 2 aliphatic carbocycles. The Bertz CT molecular complexity index is 805. The molecule has 2 aromatic carbocycles. The van der Waals surface area contributed by atoms with E-state index in [0.29, 0.717) is 18.1 Å². The van der Waals surface area contributed by atoms with E-state index in [4.69, 9.17) is 4.74 Å². The van der Waals surface area contributed by atoms with Crippen LogP contribution in [0.2, 0.25) is 0 Å². The Labute approximate surface area is 176 Å². The lowest BCUT2D eigenvalue weighted by Gasteiger charge is -2.56. The molecular formula is C23H27BrClNO. The lowest BCUT2D eigenvalue weighted by atomic mass is 9.53. The summed E-state index contributed by atoms with van der Waals surface area (Å²) in [5.41, 5.74) is 4.77. The normalized spacial score (nSPS) is 28.5. The van der Waals surface area contributed by atoms with Gasteiger partial charge in [-0.3, -0.25) is 0 Å². The molecular weight excluding hydrogens is 422 g/mol. The van der Waals surface area contributed by atoms with Gasteiger partial charge in [0.05, 0.1) is 0 Å². The Hall–Kier alpha value is -1.03. The molecule has 2 bridgehead atoms. The van der Waals surface area contributed by atoms with Gasteiger partial charge in [0.15, 0.2) is 0 Å². The van der Waals surface area contributed by atoms with Crippen LogP contribution in [0.5, 0.6) is 5.75 Å². The Kier molecular flexibility index (Phi) is 5.55. The zero-order chi connectivity index (χ0) is 17.6. The van der Waals surface area contributed by atoms with Crippen molar-refractivity contribution in [2.45, 2.75) is 56.6 Å². The molecule has 3 aliphatic rings. The molecule has 1 saturated carbocycles. The van der Waals surface area contributed by atoms with Gasteiger partial charge in [-0.25, -0.2) is 0 Å². The van der Waals surface area contributed by atoms with Crippen molar-refractivity contribution in [3.8, 4) is 5.75 Å². The van der Waals surface area contributed by atoms with Crippen molar-refractivity contribution in [2.75, 3.05) is 6.54 Å². The monoisotopic (exact) mass is 447 g/mol. The minimum absolute atomic E-state index is 0. The van der Waals surface area contributed by atoms with Crippen molar-refractivity contribution >= 4 is 28.3 Å². The molecule has 1 heterocycles. The van der Waals surface area contributed by atoms with Crippen LogP contribution < -0.4 is 10.1 Å². The van der Waals surface area contributed by atoms with E-state index in [1.54, 1.807) is 11.1 Å². The number of nitrogens with one attached hydrogen (secondary N) is 1. The molecule has 2 nitrogen and oxygen atoms in total. The molecule has 0 aromatic heterocycles. The van der Waals surface area contributed by atoms with Gasteiger partial charge in [-0.2, -0.15) is 0 Å². The fourth-order valence-electron chi connectivity index (χ4n) is 5.74. The molecule has 0 unspecified atom stereocenters. The van der Waals surface area contributed by atoms with Gasteiger partial charge >= 0.3 is 0 Å². The maximum Gasteiger partial charge on any atom is 0.120 e. The van der Waals surface area contributed by atoms with E-state index in [0.717, 1.165) is 16.1 Å². The van der Waals surface area contributed by atoms with Gasteiger partial charge in [-0.15, -0.1) is 12.4 Å². The topological polar surface area (TPSA) is 21.3 Å². The van der Waals surface area contributed by atoms with Crippen molar-refractivity contribution in [3.05, 3.63) is 63.6 Å². The number of benzene rings is 2. The highest BCUT2D eigenvalue weighted by molar-refractivity contribution is 9.10. The fourth-order valence-corrected chi connectivity index (χ4v) is 6.00. The van der Waals surface area contributed by atoms with Crippen molar-refractivity contribution in [1.29, 1.82) is 0 Å². The molecule has 1 N–H and O–H groups in total. The highest BCUT2D eigenvalue weighted by atomic mass is 79.9. The summed E-state index contributed by atoms with van der Waals surface area (Å²) in [4.78, 5) is 0. The number of fused-ring (bicyclic) bond motifs is 1. The van der Waals surface area contributed by atoms with Crippen molar-refractivity contribution in [2.24, 2.45) is 5.92 Å². The van der Waals surface area contributed by atoms with Gasteiger partial charge < -0.3 is 10.1 Å². The molecule has 27 heavy (non-hydrogen) atoms. The van der Waals surface area contributed by atoms with Gasteiger partial charge in [0, 0.05) is 15.9 Å². The maximum atomic E-state index is 6.18. The molecule has 0 amide bonds. The fraction of sp³-hybridized carbons (Fsp3) is 0.478. The van der Waals surface area contributed by atoms with Crippen molar-refractivity contribution in [1.82, 2.24) is 5.32 Å². The number of hydrogen-bond acceptors (Lipinski definition) is 2. The summed E-state index contributed by atoms with van der Waals surface area (Å²) in [6, 6.07) is 16.0. The number of piperidine rings is 1. The summed E-state index contributed by atoms with van der Waals surface area (Å²) in [6.07, 6.45) is 8.01. The largest absolute Gasteiger partial charge is 0.489 e. The van der Waals surface area contributed by atoms with Crippen LogP contribution >= 0.6 is 28.3 Å². The van der Waals surface area contributed by atoms with Crippen molar-refractivity contribution < 1.29 is 4.74 Å². The first kappa shape index (κ1) is 19.3. The first-order chi connectivity index (χ1) is 12.7. The molecule has 144 valence electrons. The van der Waals surface area contributed by atoms with Crippen LogP contribution in [0.3, 0.4) is 0 Å². The summed E-state index contributed by atoms with van der Waals surface area (Å²) in [7, 11) is 0. The highest BCUT2D eigenvalue weighted by Gasteiger charge is 2.51. The summed E-state index contributed by atoms with van der Waals surface area (Å²) < 4.78 is 7.29. The van der Waals surface area contributed by atoms with E-state index in [1.807, 2.05) is 0 Å². The summed E-state index contributed by atoms with van der Waals surface area (Å²) in [5, 5.41) is 3.82. The molecule has 3 atom stereocenters. The van der Waals surface area contributed by atoms with Crippen molar-refractivity contribution in [3.63, 3.8) is 0 Å². The Morgan fingerprint density at radius 3 is 2.78 bits per heavy atom. The van der Waals surface area contributed by atoms with E-state index in [-0.39, 0.29) is 12.4 Å². The number of rotatable bonds is 3. The van der Waals surface area contributed by atoms with Gasteiger partial charge in [-0.1, -0.05) is 47.0 Å². The molecule has 0 radical (unpaired) electrons. The Balaban J connectivity index is 0.00000180. The minimum atomic E-state index is 0. The SMILES string of the molecule is Brc1ccc(COc2ccc3c(c2)[C@@]24CCCC[C@H]2[C@@H](C3)NCC4)cc1.Cl. The molecule has 1 aliphatic heterocycles. The number of hydrogen-bond donors (Lipinski definition) is 1. The third-order valence-electron chi connectivity index (χ3n) is 6.94. The lowest BCUT2D eigenvalue weighted by molar-refractivity contribution is 0.0794. The summed E-state index contributed by atoms with van der Waals surface area (Å²) in [6.45, 7) is 1.80. The van der Waals surface area contributed by atoms with Crippen LogP contribution in [-0.2, 0) is 18.4 Å². The molecule has 0 spiro atoms. The predicted octanol–water partition coefficient (Wildman–Crippen LogP) is 5.80. The van der Waals surface area contributed by atoms with Crippen LogP contribution in [-0.4, -0.2) is 12.6 Å². The van der Waals surface area contributed by atoms with Crippen LogP contribution in [0.1, 0.15) is 48.8 Å². The number of halogens is 2. The van der Waals surface area contributed by atoms with Gasteiger partial charge in [0.2, 0.25) is 0 Å². The van der Waals surface area contributed by atoms with E-state index in [1.165, 1.54) is 50.6 Å². The van der Waals surface area contributed by atoms with Crippen LogP contribution in [0.4, 0.5) is 0 Å². The molecule has 1 saturated heterocycles. The molecule has 5 rings (SSSR count). The second-order valence-corrected chi connectivity index (χ2v) is 9.17. The average molecular weight is 449 g/mol. The molecule has 4 heteroatoms. The lowest BCUT2D eigenvalue weighted by Crippen LogP contribution is -2.59. The smallest absolute Gasteiger partial charge is 0.120 e. The van der Waals surface area contributed by atoms with Crippen LogP contribution in [0.15, 0.2) is 46.9 Å². The highest BCUT2D eigenvalue weighted by Crippen LogP contribution is 2.54. The second kappa shape index (κ2) is 7.77. The number of ether oxygens (including phenoxy) is 1. The Morgan fingerprint density at radius 1 is 1.07 bits per heavy atom. The van der Waals surface area contributed by atoms with E-state index < -0.39 is 0 Å². The zero-order valence-corrected chi connectivity index (χ0v) is 17.9. The van der Waals surface area contributed by atoms with E-state index in [2.05, 4.69) is 63.7 Å². The first-order valence-electron chi connectivity index (χ1n) is 9.99. The summed E-state index contributed by atoms with van der Waals surface area (Å²) >= 11 is 3.49. The molecule has 2 fully saturated rings. The van der Waals surface area contributed by atoms with Gasteiger partial charge in [-0.05, 0) is 79.1 Å². The average Bonchev–Trinajstić information content (AvgIpc) is 2.68. The van der Waals surface area contributed by atoms with Crippen LogP contribution in [0, 0.1) is 5.92 Å². The van der Waals surface area contributed by atoms with Crippen LogP contribution in [0.25, 0.3) is 0 Å². The first-order valence-corrected chi connectivity index (χ1v) is 10.8. The van der Waals surface area contributed by atoms with E-state index >= 15 is 0 Å².